The summed E-state index contributed by atoms with van der Waals surface area (Å²) in [5, 5.41) is 8.73. The second-order valence-electron chi connectivity index (χ2n) is 3.00. The second-order valence-corrected chi connectivity index (χ2v) is 3.00. The van der Waals surface area contributed by atoms with E-state index in [1.807, 2.05) is 7.05 Å². The van der Waals surface area contributed by atoms with Crippen molar-refractivity contribution >= 4 is 0 Å². The van der Waals surface area contributed by atoms with E-state index in [1.54, 1.807) is 7.11 Å². The van der Waals surface area contributed by atoms with Gasteiger partial charge in [0.2, 0.25) is 0 Å². The predicted octanol–water partition coefficient (Wildman–Crippen LogP) is 0.0882. The van der Waals surface area contributed by atoms with E-state index in [2.05, 4.69) is 11.0 Å². The van der Waals surface area contributed by atoms with Crippen molar-refractivity contribution < 1.29 is 4.74 Å². The number of likely N-dealkylation sites (tertiary alicyclic amines) is 1. The Hall–Kier alpha value is -0.590. The van der Waals surface area contributed by atoms with Gasteiger partial charge >= 0.3 is 0 Å². The van der Waals surface area contributed by atoms with Gasteiger partial charge in [0.1, 0.15) is 5.41 Å². The van der Waals surface area contributed by atoms with Crippen molar-refractivity contribution in [1.29, 1.82) is 5.26 Å². The first-order valence-electron chi connectivity index (χ1n) is 3.31. The van der Waals surface area contributed by atoms with Crippen LogP contribution in [0.1, 0.15) is 0 Å². The lowest BCUT2D eigenvalue weighted by Crippen LogP contribution is -2.55. The van der Waals surface area contributed by atoms with Crippen molar-refractivity contribution in [2.45, 2.75) is 0 Å². The molecular formula is C7H12N2O. The summed E-state index contributed by atoms with van der Waals surface area (Å²) in [7, 11) is 3.64. The predicted molar refractivity (Wildman–Crippen MR) is 37.4 cm³/mol. The number of hydrogen-bond donors (Lipinski definition) is 0. The molecule has 0 radical (unpaired) electrons. The number of ether oxygens (including phenoxy) is 1. The molecule has 3 heteroatoms. The van der Waals surface area contributed by atoms with E-state index < -0.39 is 0 Å². The Kier molecular flexibility index (Phi) is 1.93. The molecule has 3 nitrogen and oxygen atoms in total. The van der Waals surface area contributed by atoms with Crippen molar-refractivity contribution in [1.82, 2.24) is 4.90 Å². The first-order chi connectivity index (χ1) is 4.72. The maximum atomic E-state index is 8.73. The van der Waals surface area contributed by atoms with Gasteiger partial charge in [-0.05, 0) is 7.05 Å². The minimum atomic E-state index is -0.205. The summed E-state index contributed by atoms with van der Waals surface area (Å²) < 4.78 is 4.94. The normalized spacial score (nSPS) is 23.3. The molecule has 1 heterocycles. The molecule has 1 rings (SSSR count). The minimum absolute atomic E-state index is 0.205. The maximum Gasteiger partial charge on any atom is 0.106 e. The first kappa shape index (κ1) is 7.52. The van der Waals surface area contributed by atoms with Crippen LogP contribution in [0.2, 0.25) is 0 Å². The van der Waals surface area contributed by atoms with E-state index in [0.29, 0.717) is 6.61 Å². The Morgan fingerprint density at radius 3 is 2.60 bits per heavy atom. The lowest BCUT2D eigenvalue weighted by atomic mass is 9.83. The maximum absolute atomic E-state index is 8.73. The highest BCUT2D eigenvalue weighted by Crippen LogP contribution is 2.27. The zero-order valence-electron chi connectivity index (χ0n) is 6.42. The molecule has 0 spiro atoms. The zero-order chi connectivity index (χ0) is 7.61. The molecule has 0 atom stereocenters. The molecule has 0 N–H and O–H groups in total. The summed E-state index contributed by atoms with van der Waals surface area (Å²) in [6, 6.07) is 2.28. The second kappa shape index (κ2) is 2.57. The molecule has 0 aromatic rings. The number of rotatable bonds is 2. The number of nitriles is 1. The number of nitrogens with zero attached hydrogens (tertiary/aromatic N) is 2. The number of methoxy groups -OCH3 is 1. The van der Waals surface area contributed by atoms with E-state index in [0.717, 1.165) is 13.1 Å². The smallest absolute Gasteiger partial charge is 0.106 e. The van der Waals surface area contributed by atoms with E-state index in [1.165, 1.54) is 0 Å². The lowest BCUT2D eigenvalue weighted by Gasteiger charge is -2.42. The van der Waals surface area contributed by atoms with Crippen LogP contribution in [-0.2, 0) is 4.74 Å². The Labute approximate surface area is 61.2 Å². The van der Waals surface area contributed by atoms with Crippen molar-refractivity contribution in [3.8, 4) is 6.07 Å². The highest BCUT2D eigenvalue weighted by Gasteiger charge is 2.41. The van der Waals surface area contributed by atoms with Gasteiger partial charge in [-0.3, -0.25) is 0 Å². The monoisotopic (exact) mass is 140 g/mol. The molecule has 56 valence electrons. The number of hydrogen-bond acceptors (Lipinski definition) is 3. The minimum Gasteiger partial charge on any atom is -0.383 e. The summed E-state index contributed by atoms with van der Waals surface area (Å²) in [6.07, 6.45) is 0. The molecule has 0 aromatic carbocycles. The fourth-order valence-electron chi connectivity index (χ4n) is 1.46. The topological polar surface area (TPSA) is 36.3 Å². The van der Waals surface area contributed by atoms with Gasteiger partial charge in [0.25, 0.3) is 0 Å². The molecule has 1 fully saturated rings. The van der Waals surface area contributed by atoms with E-state index >= 15 is 0 Å². The fraction of sp³-hybridized carbons (Fsp3) is 0.857. The Balaban J connectivity index is 2.42. The molecular weight excluding hydrogens is 128 g/mol. The van der Waals surface area contributed by atoms with Crippen molar-refractivity contribution in [2.75, 3.05) is 33.9 Å². The van der Waals surface area contributed by atoms with Crippen LogP contribution in [0.3, 0.4) is 0 Å². The van der Waals surface area contributed by atoms with Crippen molar-refractivity contribution in [2.24, 2.45) is 5.41 Å². The molecule has 0 saturated carbocycles. The molecule has 1 aliphatic rings. The molecule has 0 unspecified atom stereocenters. The quantitative estimate of drug-likeness (QED) is 0.545. The van der Waals surface area contributed by atoms with E-state index in [-0.39, 0.29) is 5.41 Å². The van der Waals surface area contributed by atoms with Crippen molar-refractivity contribution in [3.63, 3.8) is 0 Å². The SMILES string of the molecule is COCC1(C#N)CN(C)C1. The molecule has 10 heavy (non-hydrogen) atoms. The largest absolute Gasteiger partial charge is 0.383 e. The van der Waals surface area contributed by atoms with Crippen LogP contribution >= 0.6 is 0 Å². The fourth-order valence-corrected chi connectivity index (χ4v) is 1.46. The summed E-state index contributed by atoms with van der Waals surface area (Å²) in [4.78, 5) is 2.11. The molecule has 0 aliphatic carbocycles. The van der Waals surface area contributed by atoms with Crippen LogP contribution in [-0.4, -0.2) is 38.8 Å². The van der Waals surface area contributed by atoms with E-state index in [9.17, 15) is 0 Å². The molecule has 0 amide bonds. The zero-order valence-corrected chi connectivity index (χ0v) is 6.42. The highest BCUT2D eigenvalue weighted by atomic mass is 16.5. The van der Waals surface area contributed by atoms with Gasteiger partial charge in [0, 0.05) is 20.2 Å². The summed E-state index contributed by atoms with van der Waals surface area (Å²) in [5.41, 5.74) is -0.205. The lowest BCUT2D eigenvalue weighted by molar-refractivity contribution is 0.00123. The Morgan fingerprint density at radius 1 is 1.70 bits per heavy atom. The third-order valence-corrected chi connectivity index (χ3v) is 1.80. The average molecular weight is 140 g/mol. The van der Waals surface area contributed by atoms with Crippen LogP contribution in [0.5, 0.6) is 0 Å². The van der Waals surface area contributed by atoms with Crippen LogP contribution in [0, 0.1) is 16.7 Å². The average Bonchev–Trinajstić information content (AvgIpc) is 1.84. The van der Waals surface area contributed by atoms with E-state index in [4.69, 9.17) is 10.00 Å². The molecule has 0 aromatic heterocycles. The van der Waals surface area contributed by atoms with Crippen LogP contribution < -0.4 is 0 Å². The summed E-state index contributed by atoms with van der Waals surface area (Å²) in [5.74, 6) is 0. The summed E-state index contributed by atoms with van der Waals surface area (Å²) in [6.45, 7) is 2.25. The van der Waals surface area contributed by atoms with Gasteiger partial charge < -0.3 is 9.64 Å². The van der Waals surface area contributed by atoms with Crippen LogP contribution in [0.25, 0.3) is 0 Å². The van der Waals surface area contributed by atoms with Gasteiger partial charge in [-0.15, -0.1) is 0 Å². The third kappa shape index (κ3) is 1.13. The summed E-state index contributed by atoms with van der Waals surface area (Å²) >= 11 is 0. The van der Waals surface area contributed by atoms with Gasteiger partial charge in [0.05, 0.1) is 12.7 Å². The Morgan fingerprint density at radius 2 is 2.30 bits per heavy atom. The van der Waals surface area contributed by atoms with Crippen molar-refractivity contribution in [3.05, 3.63) is 0 Å². The third-order valence-electron chi connectivity index (χ3n) is 1.80. The first-order valence-corrected chi connectivity index (χ1v) is 3.31. The molecule has 0 bridgehead atoms. The molecule has 1 saturated heterocycles. The van der Waals surface area contributed by atoms with Crippen LogP contribution in [0.15, 0.2) is 0 Å². The van der Waals surface area contributed by atoms with Gasteiger partial charge in [-0.2, -0.15) is 5.26 Å². The van der Waals surface area contributed by atoms with Crippen LogP contribution in [0.4, 0.5) is 0 Å². The standard InChI is InChI=1S/C7H12N2O/c1-9-4-7(3-8,5-9)6-10-2/h4-6H2,1-2H3. The Bertz CT molecular complexity index is 150. The molecule has 1 aliphatic heterocycles. The van der Waals surface area contributed by atoms with Gasteiger partial charge in [-0.1, -0.05) is 0 Å². The van der Waals surface area contributed by atoms with Gasteiger partial charge in [-0.25, -0.2) is 0 Å². The highest BCUT2D eigenvalue weighted by molar-refractivity contribution is 5.08. The van der Waals surface area contributed by atoms with Gasteiger partial charge in [0.15, 0.2) is 0 Å².